The Hall–Kier alpha value is -2.11. The van der Waals surface area contributed by atoms with Gasteiger partial charge < -0.3 is 0 Å². The third-order valence-electron chi connectivity index (χ3n) is 4.07. The second kappa shape index (κ2) is 6.18. The summed E-state index contributed by atoms with van der Waals surface area (Å²) in [5.41, 5.74) is 3.51. The van der Waals surface area contributed by atoms with Gasteiger partial charge in [-0.2, -0.15) is 0 Å². The van der Waals surface area contributed by atoms with E-state index in [9.17, 15) is 0 Å². The van der Waals surface area contributed by atoms with Gasteiger partial charge in [0.15, 0.2) is 5.82 Å². The highest BCUT2D eigenvalue weighted by Gasteiger charge is 2.19. The van der Waals surface area contributed by atoms with Crippen molar-refractivity contribution >= 4 is 11.3 Å². The topological polar surface area (TPSA) is 41.9 Å². The summed E-state index contributed by atoms with van der Waals surface area (Å²) in [4.78, 5) is 17.5. The number of thiazole rings is 1. The van der Waals surface area contributed by atoms with Crippen LogP contribution < -0.4 is 0 Å². The summed E-state index contributed by atoms with van der Waals surface area (Å²) >= 11 is 1.78. The summed E-state index contributed by atoms with van der Waals surface area (Å²) in [6.45, 7) is 4.95. The molecule has 4 nitrogen and oxygen atoms in total. The van der Waals surface area contributed by atoms with Crippen LogP contribution in [0.5, 0.6) is 0 Å². The molecule has 23 heavy (non-hydrogen) atoms. The molecule has 5 heteroatoms. The van der Waals surface area contributed by atoms with Gasteiger partial charge in [0.25, 0.3) is 0 Å². The minimum absolute atomic E-state index is 0.827. The minimum Gasteiger partial charge on any atom is -0.292 e. The molecule has 0 unspecified atom stereocenters. The predicted octanol–water partition coefficient (Wildman–Crippen LogP) is 3.47. The Labute approximate surface area is 139 Å². The first-order chi connectivity index (χ1) is 11.3. The van der Waals surface area contributed by atoms with Gasteiger partial charge in [0.2, 0.25) is 0 Å². The van der Waals surface area contributed by atoms with Crippen molar-refractivity contribution in [3.8, 4) is 11.4 Å². The van der Waals surface area contributed by atoms with Crippen molar-refractivity contribution < 1.29 is 0 Å². The number of hydrogen-bond donors (Lipinski definition) is 0. The summed E-state index contributed by atoms with van der Waals surface area (Å²) in [6, 6.07) is 10.2. The first-order valence-corrected chi connectivity index (χ1v) is 8.63. The van der Waals surface area contributed by atoms with Crippen molar-refractivity contribution in [2.75, 3.05) is 6.54 Å². The van der Waals surface area contributed by atoms with Crippen LogP contribution in [0.15, 0.2) is 42.7 Å². The Kier molecular flexibility index (Phi) is 3.89. The lowest BCUT2D eigenvalue weighted by molar-refractivity contribution is 0.242. The van der Waals surface area contributed by atoms with E-state index in [0.717, 1.165) is 37.4 Å². The quantitative estimate of drug-likeness (QED) is 0.740. The highest BCUT2D eigenvalue weighted by Crippen LogP contribution is 2.23. The van der Waals surface area contributed by atoms with Crippen LogP contribution in [0.2, 0.25) is 0 Å². The maximum atomic E-state index is 4.78. The van der Waals surface area contributed by atoms with Crippen LogP contribution in [0.4, 0.5) is 0 Å². The molecule has 1 aliphatic heterocycles. The molecule has 0 radical (unpaired) electrons. The Bertz CT molecular complexity index is 813. The number of aromatic nitrogens is 3. The maximum Gasteiger partial charge on any atom is 0.159 e. The molecule has 0 fully saturated rings. The van der Waals surface area contributed by atoms with E-state index in [0.29, 0.717) is 0 Å². The molecular weight excluding hydrogens is 304 g/mol. The van der Waals surface area contributed by atoms with Crippen LogP contribution in [-0.2, 0) is 19.5 Å². The first-order valence-electron chi connectivity index (χ1n) is 7.82. The minimum atomic E-state index is 0.827. The SMILES string of the molecule is Cc1cnc(CN2CCc3nc(-c4ccccc4)ncc3C2)s1. The van der Waals surface area contributed by atoms with Crippen molar-refractivity contribution in [2.45, 2.75) is 26.4 Å². The lowest BCUT2D eigenvalue weighted by Crippen LogP contribution is -2.30. The summed E-state index contributed by atoms with van der Waals surface area (Å²) in [6.07, 6.45) is 4.92. The number of benzene rings is 1. The third kappa shape index (κ3) is 3.16. The Morgan fingerprint density at radius 2 is 2.00 bits per heavy atom. The number of aryl methyl sites for hydroxylation is 1. The molecule has 0 aliphatic carbocycles. The van der Waals surface area contributed by atoms with Crippen molar-refractivity contribution in [3.05, 3.63) is 63.9 Å². The fourth-order valence-corrected chi connectivity index (χ4v) is 3.73. The summed E-state index contributed by atoms with van der Waals surface area (Å²) in [5.74, 6) is 0.827. The number of nitrogens with zero attached hydrogens (tertiary/aromatic N) is 4. The van der Waals surface area contributed by atoms with Crippen LogP contribution in [0, 0.1) is 6.92 Å². The average Bonchev–Trinajstić information content (AvgIpc) is 3.00. The fraction of sp³-hybridized carbons (Fsp3) is 0.278. The van der Waals surface area contributed by atoms with E-state index < -0.39 is 0 Å². The summed E-state index contributed by atoms with van der Waals surface area (Å²) in [7, 11) is 0. The predicted molar refractivity (Wildman–Crippen MR) is 92.1 cm³/mol. The lowest BCUT2D eigenvalue weighted by atomic mass is 10.1. The van der Waals surface area contributed by atoms with E-state index in [1.54, 1.807) is 11.3 Å². The molecule has 0 amide bonds. The standard InChI is InChI=1S/C18H18N4S/c1-13-9-19-17(23-13)12-22-8-7-16-15(11-22)10-20-18(21-16)14-5-3-2-4-6-14/h2-6,9-10H,7-8,11-12H2,1H3. The van der Waals surface area contributed by atoms with E-state index in [-0.39, 0.29) is 0 Å². The fourth-order valence-electron chi connectivity index (χ4n) is 2.90. The van der Waals surface area contributed by atoms with E-state index in [4.69, 9.17) is 4.98 Å². The van der Waals surface area contributed by atoms with Crippen LogP contribution in [-0.4, -0.2) is 26.4 Å². The first kappa shape index (κ1) is 14.5. The zero-order chi connectivity index (χ0) is 15.6. The summed E-state index contributed by atoms with van der Waals surface area (Å²) in [5, 5.41) is 1.19. The Morgan fingerprint density at radius 1 is 1.13 bits per heavy atom. The maximum absolute atomic E-state index is 4.78. The molecule has 1 aromatic carbocycles. The zero-order valence-electron chi connectivity index (χ0n) is 13.1. The van der Waals surface area contributed by atoms with Gasteiger partial charge in [-0.1, -0.05) is 30.3 Å². The third-order valence-corrected chi connectivity index (χ3v) is 4.97. The van der Waals surface area contributed by atoms with Crippen molar-refractivity contribution in [1.29, 1.82) is 0 Å². The summed E-state index contributed by atoms with van der Waals surface area (Å²) < 4.78 is 0. The Morgan fingerprint density at radius 3 is 2.78 bits per heavy atom. The molecular formula is C18H18N4S. The molecule has 0 N–H and O–H groups in total. The molecule has 0 saturated carbocycles. The van der Waals surface area contributed by atoms with Gasteiger partial charge in [-0.05, 0) is 6.92 Å². The second-order valence-corrected chi connectivity index (χ2v) is 7.18. The highest BCUT2D eigenvalue weighted by molar-refractivity contribution is 7.11. The lowest BCUT2D eigenvalue weighted by Gasteiger charge is -2.27. The van der Waals surface area contributed by atoms with Gasteiger partial charge in [0, 0.05) is 47.9 Å². The molecule has 4 rings (SSSR count). The van der Waals surface area contributed by atoms with Gasteiger partial charge >= 0.3 is 0 Å². The Balaban J connectivity index is 1.52. The molecule has 116 valence electrons. The molecule has 1 aliphatic rings. The van der Waals surface area contributed by atoms with Gasteiger partial charge in [-0.25, -0.2) is 15.0 Å². The van der Waals surface area contributed by atoms with Crippen LogP contribution in [0.3, 0.4) is 0 Å². The van der Waals surface area contributed by atoms with E-state index in [2.05, 4.69) is 33.9 Å². The molecule has 0 atom stereocenters. The molecule has 3 heterocycles. The van der Waals surface area contributed by atoms with Gasteiger partial charge in [-0.15, -0.1) is 11.3 Å². The van der Waals surface area contributed by atoms with Crippen molar-refractivity contribution in [3.63, 3.8) is 0 Å². The van der Waals surface area contributed by atoms with Crippen LogP contribution in [0.25, 0.3) is 11.4 Å². The molecule has 0 bridgehead atoms. The van der Waals surface area contributed by atoms with E-state index >= 15 is 0 Å². The van der Waals surface area contributed by atoms with Gasteiger partial charge in [-0.3, -0.25) is 4.90 Å². The van der Waals surface area contributed by atoms with Gasteiger partial charge in [0.1, 0.15) is 5.01 Å². The monoisotopic (exact) mass is 322 g/mol. The van der Waals surface area contributed by atoms with E-state index in [1.807, 2.05) is 30.6 Å². The molecule has 0 spiro atoms. The van der Waals surface area contributed by atoms with Gasteiger partial charge in [0.05, 0.1) is 12.2 Å². The normalized spacial score (nSPS) is 14.7. The highest BCUT2D eigenvalue weighted by atomic mass is 32.1. The molecule has 2 aromatic heterocycles. The van der Waals surface area contributed by atoms with Crippen LogP contribution in [0.1, 0.15) is 21.1 Å². The molecule has 0 saturated heterocycles. The van der Waals surface area contributed by atoms with Crippen molar-refractivity contribution in [2.24, 2.45) is 0 Å². The second-order valence-electron chi connectivity index (χ2n) is 5.86. The largest absolute Gasteiger partial charge is 0.292 e. The number of rotatable bonds is 3. The van der Waals surface area contributed by atoms with Crippen LogP contribution >= 0.6 is 11.3 Å². The smallest absolute Gasteiger partial charge is 0.159 e. The van der Waals surface area contributed by atoms with Crippen molar-refractivity contribution in [1.82, 2.24) is 19.9 Å². The zero-order valence-corrected chi connectivity index (χ0v) is 13.9. The van der Waals surface area contributed by atoms with E-state index in [1.165, 1.54) is 21.1 Å². The molecule has 3 aromatic rings. The number of fused-ring (bicyclic) bond motifs is 1. The number of hydrogen-bond acceptors (Lipinski definition) is 5. The average molecular weight is 322 g/mol.